The summed E-state index contributed by atoms with van der Waals surface area (Å²) in [4.78, 5) is 4.33. The Kier molecular flexibility index (Phi) is 5.94. The summed E-state index contributed by atoms with van der Waals surface area (Å²) in [6, 6.07) is 4.20. The molecule has 0 amide bonds. The first kappa shape index (κ1) is 19.9. The van der Waals surface area contributed by atoms with E-state index in [1.807, 2.05) is 18.5 Å². The summed E-state index contributed by atoms with van der Waals surface area (Å²) in [5.74, 6) is 1.05. The maximum absolute atomic E-state index is 9.57. The fourth-order valence-corrected chi connectivity index (χ4v) is 3.82. The third-order valence-corrected chi connectivity index (χ3v) is 6.12. The van der Waals surface area contributed by atoms with E-state index in [1.54, 1.807) is 4.68 Å². The molecule has 0 atom stereocenters. The van der Waals surface area contributed by atoms with Crippen molar-refractivity contribution in [3.8, 4) is 17.2 Å². The predicted molar refractivity (Wildman–Crippen MR) is 115 cm³/mol. The third-order valence-electron chi connectivity index (χ3n) is 4.30. The first-order valence-corrected chi connectivity index (χ1v) is 12.5. The molecule has 3 rings (SSSR count). The lowest BCUT2D eigenvalue weighted by Gasteiger charge is -2.24. The van der Waals surface area contributed by atoms with Gasteiger partial charge in [0.25, 0.3) is 0 Å². The van der Waals surface area contributed by atoms with Gasteiger partial charge < -0.3 is 9.30 Å². The van der Waals surface area contributed by atoms with E-state index in [4.69, 9.17) is 4.74 Å². The number of fused-ring (bicyclic) bond motifs is 1. The molecule has 8 heteroatoms. The average Bonchev–Trinajstić information content (AvgIpc) is 3.18. The summed E-state index contributed by atoms with van der Waals surface area (Å²) in [5.41, 5.74) is 3.25. The Hall–Kier alpha value is -1.82. The maximum Gasteiger partial charge on any atom is 0.170 e. The SMILES string of the molecule is CCn1cc(-c2cn(COCCS(C)(C)C)nc2C#N)c2cc(Br)ncc21. The summed E-state index contributed by atoms with van der Waals surface area (Å²) in [7, 11) is -0.578. The number of aromatic nitrogens is 4. The first-order chi connectivity index (χ1) is 12.8. The zero-order chi connectivity index (χ0) is 19.6. The molecule has 3 aromatic heterocycles. The van der Waals surface area contributed by atoms with Gasteiger partial charge in [-0.25, -0.2) is 19.7 Å². The van der Waals surface area contributed by atoms with Crippen molar-refractivity contribution < 1.29 is 4.74 Å². The van der Waals surface area contributed by atoms with Crippen LogP contribution in [-0.4, -0.2) is 50.5 Å². The van der Waals surface area contributed by atoms with Crippen LogP contribution in [0.2, 0.25) is 0 Å². The minimum atomic E-state index is -0.578. The van der Waals surface area contributed by atoms with E-state index in [0.29, 0.717) is 19.0 Å². The third kappa shape index (κ3) is 4.54. The van der Waals surface area contributed by atoms with Gasteiger partial charge in [0.1, 0.15) is 17.4 Å². The van der Waals surface area contributed by atoms with Gasteiger partial charge in [0.15, 0.2) is 5.69 Å². The molecule has 0 spiro atoms. The van der Waals surface area contributed by atoms with E-state index in [9.17, 15) is 5.26 Å². The summed E-state index contributed by atoms with van der Waals surface area (Å²) < 4.78 is 10.4. The molecule has 0 saturated heterocycles. The minimum Gasteiger partial charge on any atom is -0.358 e. The highest BCUT2D eigenvalue weighted by molar-refractivity contribution is 9.10. The van der Waals surface area contributed by atoms with Crippen molar-refractivity contribution in [2.75, 3.05) is 31.1 Å². The largest absolute Gasteiger partial charge is 0.358 e. The van der Waals surface area contributed by atoms with Crippen molar-refractivity contribution in [3.05, 3.63) is 35.0 Å². The molecule has 0 aromatic carbocycles. The fourth-order valence-electron chi connectivity index (χ4n) is 2.87. The van der Waals surface area contributed by atoms with E-state index in [2.05, 4.69) is 68.5 Å². The number of nitrogens with zero attached hydrogens (tertiary/aromatic N) is 5. The predicted octanol–water partition coefficient (Wildman–Crippen LogP) is 4.22. The quantitative estimate of drug-likeness (QED) is 0.399. The Labute approximate surface area is 169 Å². The maximum atomic E-state index is 9.57. The van der Waals surface area contributed by atoms with Crippen LogP contribution in [0.5, 0.6) is 0 Å². The number of pyridine rings is 1. The van der Waals surface area contributed by atoms with Gasteiger partial charge in [0.05, 0.1) is 18.3 Å². The van der Waals surface area contributed by atoms with Crippen LogP contribution < -0.4 is 0 Å². The van der Waals surface area contributed by atoms with Gasteiger partial charge >= 0.3 is 0 Å². The molecule has 144 valence electrons. The van der Waals surface area contributed by atoms with E-state index >= 15 is 0 Å². The number of hydrogen-bond donors (Lipinski definition) is 0. The Bertz CT molecular complexity index is 996. The molecule has 6 nitrogen and oxygen atoms in total. The summed E-state index contributed by atoms with van der Waals surface area (Å²) in [5, 5.41) is 15.0. The molecule has 0 unspecified atom stereocenters. The Morgan fingerprint density at radius 2 is 2.04 bits per heavy atom. The zero-order valence-corrected chi connectivity index (χ0v) is 18.5. The molecule has 0 radical (unpaired) electrons. The van der Waals surface area contributed by atoms with Gasteiger partial charge in [0, 0.05) is 41.2 Å². The summed E-state index contributed by atoms with van der Waals surface area (Å²) in [6.45, 7) is 3.96. The second-order valence-corrected chi connectivity index (χ2v) is 12.6. The molecular formula is C19H24BrN5OS. The number of nitriles is 1. The molecule has 3 aromatic rings. The van der Waals surface area contributed by atoms with Gasteiger partial charge in [-0.15, -0.1) is 0 Å². The first-order valence-electron chi connectivity index (χ1n) is 8.68. The zero-order valence-electron chi connectivity index (χ0n) is 16.1. The Morgan fingerprint density at radius 1 is 1.26 bits per heavy atom. The summed E-state index contributed by atoms with van der Waals surface area (Å²) in [6.07, 6.45) is 12.6. The molecule has 0 saturated carbocycles. The van der Waals surface area contributed by atoms with Crippen LogP contribution >= 0.6 is 26.0 Å². The lowest BCUT2D eigenvalue weighted by atomic mass is 10.1. The summed E-state index contributed by atoms with van der Waals surface area (Å²) >= 11 is 3.44. The standard InChI is InChI=1S/C19H24BrN5OS/c1-5-24-11-15(14-8-19(20)22-10-18(14)24)16-12-25(23-17(16)9-21)13-26-6-7-27(2,3)4/h8,10-12H,5-7,13H2,1-4H3. The normalized spacial score (nSPS) is 12.4. The van der Waals surface area contributed by atoms with Gasteiger partial charge in [0.2, 0.25) is 0 Å². The van der Waals surface area contributed by atoms with E-state index in [-0.39, 0.29) is 0 Å². The van der Waals surface area contributed by atoms with E-state index < -0.39 is 10.0 Å². The lowest BCUT2D eigenvalue weighted by molar-refractivity contribution is 0.0808. The second kappa shape index (κ2) is 8.05. The molecule has 3 heterocycles. The van der Waals surface area contributed by atoms with Gasteiger partial charge in [-0.1, -0.05) is 0 Å². The number of rotatable bonds is 7. The molecule has 0 aliphatic heterocycles. The molecule has 0 bridgehead atoms. The van der Waals surface area contributed by atoms with E-state index in [1.165, 1.54) is 0 Å². The highest BCUT2D eigenvalue weighted by Gasteiger charge is 2.17. The lowest BCUT2D eigenvalue weighted by Crippen LogP contribution is -2.10. The fraction of sp³-hybridized carbons (Fsp3) is 0.421. The van der Waals surface area contributed by atoms with E-state index in [0.717, 1.165) is 38.9 Å². The van der Waals surface area contributed by atoms with Crippen molar-refractivity contribution in [2.24, 2.45) is 0 Å². The van der Waals surface area contributed by atoms with Gasteiger partial charge in [-0.3, -0.25) is 0 Å². The van der Waals surface area contributed by atoms with Crippen LogP contribution in [0.1, 0.15) is 12.6 Å². The highest BCUT2D eigenvalue weighted by Crippen LogP contribution is 2.34. The second-order valence-electron chi connectivity index (χ2n) is 7.23. The molecule has 0 N–H and O–H groups in total. The van der Waals surface area contributed by atoms with Crippen molar-refractivity contribution in [3.63, 3.8) is 0 Å². The van der Waals surface area contributed by atoms with Crippen molar-refractivity contribution >= 4 is 36.9 Å². The molecule has 0 aliphatic rings. The van der Waals surface area contributed by atoms with Crippen LogP contribution in [0, 0.1) is 11.3 Å². The number of hydrogen-bond acceptors (Lipinski definition) is 4. The van der Waals surface area contributed by atoms with Crippen LogP contribution in [0.15, 0.2) is 29.3 Å². The van der Waals surface area contributed by atoms with Crippen LogP contribution in [0.3, 0.4) is 0 Å². The smallest absolute Gasteiger partial charge is 0.170 e. The molecule has 0 aliphatic carbocycles. The van der Waals surface area contributed by atoms with Crippen LogP contribution in [-0.2, 0) is 18.0 Å². The molecular weight excluding hydrogens is 426 g/mol. The van der Waals surface area contributed by atoms with Crippen molar-refractivity contribution in [1.29, 1.82) is 5.26 Å². The highest BCUT2D eigenvalue weighted by atomic mass is 79.9. The monoisotopic (exact) mass is 449 g/mol. The van der Waals surface area contributed by atoms with Crippen molar-refractivity contribution in [1.82, 2.24) is 19.3 Å². The minimum absolute atomic E-state index is 0.349. The number of halogens is 1. The van der Waals surface area contributed by atoms with Gasteiger partial charge in [-0.05, 0) is 47.7 Å². The van der Waals surface area contributed by atoms with Gasteiger partial charge in [-0.2, -0.15) is 10.4 Å². The average molecular weight is 450 g/mol. The Balaban J connectivity index is 1.91. The topological polar surface area (TPSA) is 68.7 Å². The molecule has 0 fully saturated rings. The molecule has 27 heavy (non-hydrogen) atoms. The van der Waals surface area contributed by atoms with Crippen molar-refractivity contribution in [2.45, 2.75) is 20.2 Å². The van der Waals surface area contributed by atoms with Crippen LogP contribution in [0.25, 0.3) is 22.0 Å². The number of aryl methyl sites for hydroxylation is 1. The van der Waals surface area contributed by atoms with Crippen LogP contribution in [0.4, 0.5) is 0 Å². The Morgan fingerprint density at radius 3 is 2.70 bits per heavy atom. The number of ether oxygens (including phenoxy) is 1.